The molecule has 1 unspecified atom stereocenters. The summed E-state index contributed by atoms with van der Waals surface area (Å²) in [6.07, 6.45) is -1.96. The molecule has 6 nitrogen and oxygen atoms in total. The lowest BCUT2D eigenvalue weighted by Gasteiger charge is -2.31. The minimum atomic E-state index is -4.92. The minimum Gasteiger partial charge on any atom is -0.375 e. The Morgan fingerprint density at radius 2 is 1.56 bits per heavy atom. The van der Waals surface area contributed by atoms with Gasteiger partial charge in [-0.3, -0.25) is 0 Å². The Balaban J connectivity index is 0.00000133. The van der Waals surface area contributed by atoms with Crippen LogP contribution in [0.2, 0.25) is 0 Å². The van der Waals surface area contributed by atoms with Crippen LogP contribution >= 0.6 is 0 Å². The largest absolute Gasteiger partial charge is 0.423 e. The van der Waals surface area contributed by atoms with E-state index >= 15 is 0 Å². The SMILES string of the molecule is OC(Cn1ccc2ccccc21)(c1ccc2c(cnn2-c2ccc(F)cc2)c1)C(F)(F)F.[NH3+]O. The third kappa shape index (κ3) is 4.03. The number of aliphatic hydroxyl groups is 1. The Morgan fingerprint density at radius 1 is 0.853 bits per heavy atom. The van der Waals surface area contributed by atoms with Gasteiger partial charge in [-0.2, -0.15) is 18.3 Å². The number of rotatable bonds is 4. The van der Waals surface area contributed by atoms with Crippen molar-refractivity contribution < 1.29 is 33.8 Å². The molecule has 0 amide bonds. The molecule has 0 saturated carbocycles. The van der Waals surface area contributed by atoms with Crippen LogP contribution < -0.4 is 5.90 Å². The van der Waals surface area contributed by atoms with E-state index in [1.54, 1.807) is 30.3 Å². The van der Waals surface area contributed by atoms with Gasteiger partial charge in [0.05, 0.1) is 23.9 Å². The first kappa shape index (κ1) is 23.4. The summed E-state index contributed by atoms with van der Waals surface area (Å²) in [6.45, 7) is -0.693. The molecule has 34 heavy (non-hydrogen) atoms. The highest BCUT2D eigenvalue weighted by Gasteiger charge is 2.55. The molecule has 0 radical (unpaired) electrons. The Bertz CT molecular complexity index is 1430. The van der Waals surface area contributed by atoms with Crippen molar-refractivity contribution in [3.8, 4) is 5.69 Å². The predicted octanol–water partition coefficient (Wildman–Crippen LogP) is 4.19. The second-order valence-electron chi connectivity index (χ2n) is 7.67. The van der Waals surface area contributed by atoms with Crippen molar-refractivity contribution in [2.75, 3.05) is 0 Å². The molecule has 10 heteroatoms. The van der Waals surface area contributed by atoms with Crippen LogP contribution in [0.4, 0.5) is 17.6 Å². The number of fused-ring (bicyclic) bond motifs is 2. The number of halogens is 4. The van der Waals surface area contributed by atoms with Gasteiger partial charge in [0, 0.05) is 17.1 Å². The van der Waals surface area contributed by atoms with Gasteiger partial charge in [-0.15, -0.1) is 0 Å². The molecule has 2 aromatic heterocycles. The fraction of sp³-hybridized carbons (Fsp3) is 0.125. The molecule has 5 rings (SSSR count). The average molecular weight is 473 g/mol. The number of alkyl halides is 3. The standard InChI is InChI=1S/C24H17F4N3O.H4NO/c25-19-6-8-20(9-7-19)31-22-10-5-18(13-17(22)14-29-31)23(32,24(26,27)28)15-30-12-11-16-3-1-2-4-21(16)30;1-2/h1-14,32H,15H2;2H,1H3/q;+1. The molecule has 2 heterocycles. The molecule has 0 aliphatic rings. The molecule has 0 spiro atoms. The second-order valence-corrected chi connectivity index (χ2v) is 7.67. The highest BCUT2D eigenvalue weighted by Crippen LogP contribution is 2.42. The van der Waals surface area contributed by atoms with E-state index in [1.807, 2.05) is 0 Å². The van der Waals surface area contributed by atoms with Gasteiger partial charge in [0.25, 0.3) is 0 Å². The van der Waals surface area contributed by atoms with E-state index < -0.39 is 24.1 Å². The second kappa shape index (κ2) is 8.90. The number of hydrogen-bond acceptors (Lipinski definition) is 3. The van der Waals surface area contributed by atoms with E-state index in [-0.39, 0.29) is 5.56 Å². The quantitative estimate of drug-likeness (QED) is 0.270. The molecule has 3 aromatic carbocycles. The van der Waals surface area contributed by atoms with E-state index in [2.05, 4.69) is 11.0 Å². The monoisotopic (exact) mass is 473 g/mol. The van der Waals surface area contributed by atoms with E-state index in [4.69, 9.17) is 5.21 Å². The predicted molar refractivity (Wildman–Crippen MR) is 118 cm³/mol. The zero-order valence-corrected chi connectivity index (χ0v) is 17.7. The van der Waals surface area contributed by atoms with Gasteiger partial charge in [-0.1, -0.05) is 24.3 Å². The van der Waals surface area contributed by atoms with Crippen molar-refractivity contribution in [2.45, 2.75) is 18.3 Å². The van der Waals surface area contributed by atoms with E-state index in [0.717, 1.165) is 5.39 Å². The van der Waals surface area contributed by atoms with Crippen LogP contribution in [0.1, 0.15) is 5.56 Å². The van der Waals surface area contributed by atoms with Crippen molar-refractivity contribution in [3.63, 3.8) is 0 Å². The number of para-hydroxylation sites is 1. The summed E-state index contributed by atoms with van der Waals surface area (Å²) in [5, 5.41) is 23.1. The first-order valence-corrected chi connectivity index (χ1v) is 10.2. The van der Waals surface area contributed by atoms with Crippen molar-refractivity contribution in [1.29, 1.82) is 0 Å². The van der Waals surface area contributed by atoms with Gasteiger partial charge in [-0.25, -0.2) is 20.2 Å². The molecule has 0 fully saturated rings. The number of aromatic nitrogens is 3. The summed E-state index contributed by atoms with van der Waals surface area (Å²) in [5.74, 6) is 1.85. The average Bonchev–Trinajstić information content (AvgIpc) is 3.44. The maximum atomic E-state index is 14.2. The third-order valence-corrected chi connectivity index (χ3v) is 5.67. The Hall–Kier alpha value is -3.73. The third-order valence-electron chi connectivity index (χ3n) is 5.67. The summed E-state index contributed by atoms with van der Waals surface area (Å²) in [5.41, 5.74) is -1.69. The summed E-state index contributed by atoms with van der Waals surface area (Å²) >= 11 is 0. The lowest BCUT2D eigenvalue weighted by Crippen LogP contribution is -2.45. The molecular weight excluding hydrogens is 452 g/mol. The summed E-state index contributed by atoms with van der Waals surface area (Å²) in [6, 6.07) is 18.4. The Kier molecular flexibility index (Phi) is 6.13. The molecule has 0 bridgehead atoms. The van der Waals surface area contributed by atoms with E-state index in [9.17, 15) is 22.7 Å². The molecule has 0 saturated heterocycles. The smallest absolute Gasteiger partial charge is 0.375 e. The van der Waals surface area contributed by atoms with Crippen molar-refractivity contribution in [1.82, 2.24) is 14.3 Å². The fourth-order valence-corrected chi connectivity index (χ4v) is 3.95. The maximum absolute atomic E-state index is 14.2. The molecule has 0 aliphatic heterocycles. The van der Waals surface area contributed by atoms with Crippen LogP contribution in [0, 0.1) is 5.82 Å². The summed E-state index contributed by atoms with van der Waals surface area (Å²) in [7, 11) is 0. The first-order chi connectivity index (χ1) is 16.3. The lowest BCUT2D eigenvalue weighted by molar-refractivity contribution is -0.670. The normalized spacial score (nSPS) is 13.5. The molecule has 5 aromatic rings. The maximum Gasteiger partial charge on any atom is 0.423 e. The van der Waals surface area contributed by atoms with E-state index in [1.165, 1.54) is 64.1 Å². The molecule has 0 aliphatic carbocycles. The summed E-state index contributed by atoms with van der Waals surface area (Å²) in [4.78, 5) is 0. The van der Waals surface area contributed by atoms with Crippen LogP contribution in [0.25, 0.3) is 27.5 Å². The van der Waals surface area contributed by atoms with Crippen molar-refractivity contribution in [3.05, 3.63) is 96.6 Å². The van der Waals surface area contributed by atoms with Crippen LogP contribution in [0.3, 0.4) is 0 Å². The topological polar surface area (TPSA) is 90.9 Å². The Morgan fingerprint density at radius 3 is 2.26 bits per heavy atom. The lowest BCUT2D eigenvalue weighted by atomic mass is 9.91. The molecule has 1 atom stereocenters. The van der Waals surface area contributed by atoms with Crippen molar-refractivity contribution >= 4 is 21.8 Å². The van der Waals surface area contributed by atoms with Gasteiger partial charge >= 0.3 is 6.18 Å². The number of hydrogen-bond donors (Lipinski definition) is 3. The van der Waals surface area contributed by atoms with Gasteiger partial charge in [0.2, 0.25) is 5.60 Å². The van der Waals surface area contributed by atoms with Gasteiger partial charge in [-0.05, 0) is 59.5 Å². The van der Waals surface area contributed by atoms with Crippen molar-refractivity contribution in [2.24, 2.45) is 0 Å². The minimum absolute atomic E-state index is 0.283. The van der Waals surface area contributed by atoms with Gasteiger partial charge < -0.3 is 9.67 Å². The zero-order valence-electron chi connectivity index (χ0n) is 17.7. The van der Waals surface area contributed by atoms with E-state index in [0.29, 0.717) is 22.1 Å². The van der Waals surface area contributed by atoms with Gasteiger partial charge in [0.1, 0.15) is 5.82 Å². The van der Waals surface area contributed by atoms with Crippen LogP contribution in [0.5, 0.6) is 0 Å². The fourth-order valence-electron chi connectivity index (χ4n) is 3.95. The highest BCUT2D eigenvalue weighted by atomic mass is 19.4. The molecule has 176 valence electrons. The molecule has 5 N–H and O–H groups in total. The molecular formula is C24H21F4N4O2+. The highest BCUT2D eigenvalue weighted by molar-refractivity contribution is 5.82. The number of nitrogens with zero attached hydrogens (tertiary/aromatic N) is 3. The van der Waals surface area contributed by atoms with Gasteiger partial charge in [0.15, 0.2) is 0 Å². The number of benzene rings is 3. The first-order valence-electron chi connectivity index (χ1n) is 10.2. The number of quaternary nitrogens is 1. The van der Waals surface area contributed by atoms with Crippen LogP contribution in [-0.4, -0.2) is 30.8 Å². The summed E-state index contributed by atoms with van der Waals surface area (Å²) < 4.78 is 58.6. The van der Waals surface area contributed by atoms with Crippen LogP contribution in [-0.2, 0) is 12.1 Å². The zero-order chi connectivity index (χ0) is 24.5. The van der Waals surface area contributed by atoms with Crippen LogP contribution in [0.15, 0.2) is 85.2 Å². The Labute approximate surface area is 191 Å².